The highest BCUT2D eigenvalue weighted by molar-refractivity contribution is 5.87. The summed E-state index contributed by atoms with van der Waals surface area (Å²) in [6.07, 6.45) is 3.86. The Labute approximate surface area is 103 Å². The minimum Gasteiger partial charge on any atom is -0.346 e. The van der Waals surface area contributed by atoms with Gasteiger partial charge in [-0.15, -0.1) is 0 Å². The molecule has 96 valence electrons. The van der Waals surface area contributed by atoms with Crippen molar-refractivity contribution in [2.24, 2.45) is 5.92 Å². The van der Waals surface area contributed by atoms with Crippen LogP contribution in [0.1, 0.15) is 26.2 Å². The lowest BCUT2D eigenvalue weighted by Crippen LogP contribution is -2.43. The largest absolute Gasteiger partial charge is 0.346 e. The van der Waals surface area contributed by atoms with Crippen LogP contribution >= 0.6 is 0 Å². The molecule has 17 heavy (non-hydrogen) atoms. The molecule has 0 bridgehead atoms. The fourth-order valence-corrected chi connectivity index (χ4v) is 2.23. The van der Waals surface area contributed by atoms with Crippen LogP contribution in [0.2, 0.25) is 0 Å². The van der Waals surface area contributed by atoms with Crippen molar-refractivity contribution in [3.8, 4) is 0 Å². The smallest absolute Gasteiger partial charge is 0.245 e. The third-order valence-corrected chi connectivity index (χ3v) is 3.27. The van der Waals surface area contributed by atoms with E-state index in [-0.39, 0.29) is 17.7 Å². The molecule has 0 atom stereocenters. The van der Waals surface area contributed by atoms with Gasteiger partial charge in [0.1, 0.15) is 0 Å². The molecule has 1 aliphatic rings. The first kappa shape index (κ1) is 13.7. The Morgan fingerprint density at radius 1 is 1.41 bits per heavy atom. The Morgan fingerprint density at radius 2 is 2.00 bits per heavy atom. The molecule has 2 amide bonds. The Morgan fingerprint density at radius 3 is 2.47 bits per heavy atom. The average Bonchev–Trinajstić information content (AvgIpc) is 2.37. The van der Waals surface area contributed by atoms with Gasteiger partial charge in [-0.25, -0.2) is 0 Å². The second-order valence-electron chi connectivity index (χ2n) is 4.56. The van der Waals surface area contributed by atoms with Gasteiger partial charge in [0, 0.05) is 32.6 Å². The van der Waals surface area contributed by atoms with Crippen molar-refractivity contribution in [2.75, 3.05) is 26.7 Å². The second-order valence-corrected chi connectivity index (χ2v) is 4.56. The van der Waals surface area contributed by atoms with E-state index < -0.39 is 0 Å². The van der Waals surface area contributed by atoms with Crippen LogP contribution in [-0.4, -0.2) is 48.3 Å². The maximum Gasteiger partial charge on any atom is 0.245 e. The maximum absolute atomic E-state index is 12.0. The highest BCUT2D eigenvalue weighted by Gasteiger charge is 2.27. The fraction of sp³-hybridized carbons (Fsp3) is 0.692. The van der Waals surface area contributed by atoms with Crippen molar-refractivity contribution in [3.05, 3.63) is 12.7 Å². The van der Waals surface area contributed by atoms with E-state index in [1.54, 1.807) is 9.80 Å². The fourth-order valence-electron chi connectivity index (χ4n) is 2.23. The molecular formula is C13H22N2O2. The van der Waals surface area contributed by atoms with Gasteiger partial charge in [-0.1, -0.05) is 13.5 Å². The molecule has 0 aromatic heterocycles. The summed E-state index contributed by atoms with van der Waals surface area (Å²) in [7, 11) is 1.85. The molecule has 0 saturated carbocycles. The van der Waals surface area contributed by atoms with Gasteiger partial charge in [-0.05, 0) is 25.3 Å². The van der Waals surface area contributed by atoms with Crippen LogP contribution in [0.5, 0.6) is 0 Å². The van der Waals surface area contributed by atoms with E-state index in [9.17, 15) is 9.59 Å². The first-order valence-electron chi connectivity index (χ1n) is 6.26. The first-order valence-corrected chi connectivity index (χ1v) is 6.26. The second kappa shape index (κ2) is 6.42. The summed E-state index contributed by atoms with van der Waals surface area (Å²) in [4.78, 5) is 27.0. The summed E-state index contributed by atoms with van der Waals surface area (Å²) in [5.41, 5.74) is 0. The number of hydrogen-bond donors (Lipinski definition) is 0. The molecule has 0 aromatic rings. The van der Waals surface area contributed by atoms with Gasteiger partial charge in [-0.2, -0.15) is 0 Å². The summed E-state index contributed by atoms with van der Waals surface area (Å²) in [6, 6.07) is 0. The van der Waals surface area contributed by atoms with E-state index in [0.717, 1.165) is 25.8 Å². The van der Waals surface area contributed by atoms with Gasteiger partial charge in [0.2, 0.25) is 11.8 Å². The quantitative estimate of drug-likeness (QED) is 0.692. The standard InChI is InChI=1S/C13H22N2O2/c1-4-8-14(3)13(17)11-6-9-15(10-7-11)12(16)5-2/h5,11H,2,4,6-10H2,1,3H3. The van der Waals surface area contributed by atoms with Gasteiger partial charge in [0.05, 0.1) is 0 Å². The van der Waals surface area contributed by atoms with Crippen molar-refractivity contribution < 1.29 is 9.59 Å². The summed E-state index contributed by atoms with van der Waals surface area (Å²) in [5.74, 6) is 0.274. The minimum absolute atomic E-state index is 0.0298. The van der Waals surface area contributed by atoms with Crippen LogP contribution in [0.15, 0.2) is 12.7 Å². The number of hydrogen-bond acceptors (Lipinski definition) is 2. The molecule has 1 heterocycles. The molecule has 0 unspecified atom stereocenters. The summed E-state index contributed by atoms with van der Waals surface area (Å²) in [6.45, 7) is 7.69. The highest BCUT2D eigenvalue weighted by atomic mass is 16.2. The zero-order chi connectivity index (χ0) is 12.8. The van der Waals surface area contributed by atoms with Crippen LogP contribution < -0.4 is 0 Å². The number of nitrogens with zero attached hydrogens (tertiary/aromatic N) is 2. The van der Waals surface area contributed by atoms with Crippen molar-refractivity contribution in [1.82, 2.24) is 9.80 Å². The molecule has 1 fully saturated rings. The van der Waals surface area contributed by atoms with Crippen LogP contribution in [0, 0.1) is 5.92 Å². The Balaban J connectivity index is 2.43. The third kappa shape index (κ3) is 3.58. The van der Waals surface area contributed by atoms with Crippen molar-refractivity contribution >= 4 is 11.8 Å². The molecule has 1 aliphatic heterocycles. The van der Waals surface area contributed by atoms with Crippen molar-refractivity contribution in [3.63, 3.8) is 0 Å². The van der Waals surface area contributed by atoms with Gasteiger partial charge in [0.25, 0.3) is 0 Å². The van der Waals surface area contributed by atoms with Crippen LogP contribution in [-0.2, 0) is 9.59 Å². The topological polar surface area (TPSA) is 40.6 Å². The molecule has 4 heteroatoms. The summed E-state index contributed by atoms with van der Waals surface area (Å²) < 4.78 is 0. The lowest BCUT2D eigenvalue weighted by Gasteiger charge is -2.32. The number of carbonyl (C=O) groups is 2. The van der Waals surface area contributed by atoms with Crippen molar-refractivity contribution in [1.29, 1.82) is 0 Å². The monoisotopic (exact) mass is 238 g/mol. The number of likely N-dealkylation sites (tertiary alicyclic amines) is 1. The van der Waals surface area contributed by atoms with Crippen LogP contribution in [0.4, 0.5) is 0 Å². The van der Waals surface area contributed by atoms with Gasteiger partial charge < -0.3 is 9.80 Å². The lowest BCUT2D eigenvalue weighted by atomic mass is 9.95. The third-order valence-electron chi connectivity index (χ3n) is 3.27. The zero-order valence-electron chi connectivity index (χ0n) is 10.8. The number of piperidine rings is 1. The van der Waals surface area contributed by atoms with Gasteiger partial charge in [-0.3, -0.25) is 9.59 Å². The molecule has 1 rings (SSSR count). The van der Waals surface area contributed by atoms with Gasteiger partial charge in [0.15, 0.2) is 0 Å². The first-order chi connectivity index (χ1) is 8.10. The molecule has 1 saturated heterocycles. The van der Waals surface area contributed by atoms with E-state index >= 15 is 0 Å². The number of rotatable bonds is 4. The predicted molar refractivity (Wildman–Crippen MR) is 67.4 cm³/mol. The Hall–Kier alpha value is -1.32. The zero-order valence-corrected chi connectivity index (χ0v) is 10.8. The SMILES string of the molecule is C=CC(=O)N1CCC(C(=O)N(C)CCC)CC1. The minimum atomic E-state index is -0.0298. The molecule has 0 radical (unpaired) electrons. The molecule has 4 nitrogen and oxygen atoms in total. The van der Waals surface area contributed by atoms with Gasteiger partial charge >= 0.3 is 0 Å². The normalized spacial score (nSPS) is 16.7. The van der Waals surface area contributed by atoms with E-state index in [1.165, 1.54) is 6.08 Å². The molecular weight excluding hydrogens is 216 g/mol. The van der Waals surface area contributed by atoms with Crippen LogP contribution in [0.25, 0.3) is 0 Å². The molecule has 0 aromatic carbocycles. The van der Waals surface area contributed by atoms with E-state index in [1.807, 2.05) is 7.05 Å². The molecule has 0 spiro atoms. The highest BCUT2D eigenvalue weighted by Crippen LogP contribution is 2.19. The Bertz CT molecular complexity index is 294. The van der Waals surface area contributed by atoms with E-state index in [4.69, 9.17) is 0 Å². The van der Waals surface area contributed by atoms with E-state index in [2.05, 4.69) is 13.5 Å². The number of carbonyl (C=O) groups excluding carboxylic acids is 2. The number of amides is 2. The summed E-state index contributed by atoms with van der Waals surface area (Å²) >= 11 is 0. The molecule has 0 aliphatic carbocycles. The van der Waals surface area contributed by atoms with E-state index in [0.29, 0.717) is 13.1 Å². The maximum atomic E-state index is 12.0. The Kier molecular flexibility index (Phi) is 5.19. The lowest BCUT2D eigenvalue weighted by molar-refractivity contribution is -0.138. The molecule has 0 N–H and O–H groups in total. The van der Waals surface area contributed by atoms with Crippen LogP contribution in [0.3, 0.4) is 0 Å². The summed E-state index contributed by atoms with van der Waals surface area (Å²) in [5, 5.41) is 0. The van der Waals surface area contributed by atoms with Crippen molar-refractivity contribution in [2.45, 2.75) is 26.2 Å². The predicted octanol–water partition coefficient (Wildman–Crippen LogP) is 1.28. The average molecular weight is 238 g/mol.